The molecule has 2 fully saturated rings. The third-order valence-corrected chi connectivity index (χ3v) is 9.03. The molecule has 5 heterocycles. The Hall–Kier alpha value is -4.17. The Kier molecular flexibility index (Phi) is 7.49. The van der Waals surface area contributed by atoms with Crippen molar-refractivity contribution in [2.24, 2.45) is 0 Å². The molecule has 2 aromatic heterocycles. The van der Waals surface area contributed by atoms with Crippen LogP contribution < -0.4 is 14.5 Å². The van der Waals surface area contributed by atoms with Gasteiger partial charge in [0.05, 0.1) is 35.3 Å². The van der Waals surface area contributed by atoms with Gasteiger partial charge in [0, 0.05) is 49.2 Å². The lowest BCUT2D eigenvalue weighted by Crippen LogP contribution is -2.54. The minimum absolute atomic E-state index is 0.258. The van der Waals surface area contributed by atoms with Crippen molar-refractivity contribution in [3.63, 3.8) is 0 Å². The Labute approximate surface area is 245 Å². The second kappa shape index (κ2) is 11.2. The third kappa shape index (κ3) is 4.94. The molecule has 3 aliphatic rings. The number of aromatic nitrogens is 3. The third-order valence-electron chi connectivity index (χ3n) is 9.03. The van der Waals surface area contributed by atoms with Crippen molar-refractivity contribution in [1.82, 2.24) is 25.0 Å². The first kappa shape index (κ1) is 28.0. The molecule has 3 aliphatic heterocycles. The van der Waals surface area contributed by atoms with Crippen LogP contribution in [0.5, 0.6) is 5.88 Å². The number of nitriles is 1. The first-order valence-corrected chi connectivity index (χ1v) is 14.6. The maximum absolute atomic E-state index is 13.7. The van der Waals surface area contributed by atoms with E-state index in [1.54, 1.807) is 0 Å². The highest BCUT2D eigenvalue weighted by atomic mass is 19.1. The van der Waals surface area contributed by atoms with Crippen LogP contribution in [0.2, 0.25) is 0 Å². The van der Waals surface area contributed by atoms with Gasteiger partial charge in [0.1, 0.15) is 18.2 Å². The number of halogens is 1. The number of H-pyrrole nitrogens is 1. The van der Waals surface area contributed by atoms with Crippen molar-refractivity contribution >= 4 is 28.2 Å². The van der Waals surface area contributed by atoms with E-state index in [-0.39, 0.29) is 12.1 Å². The fourth-order valence-electron chi connectivity index (χ4n) is 6.77. The number of piperazine rings is 1. The maximum Gasteiger partial charge on any atom is 0.282 e. The highest BCUT2D eigenvalue weighted by molar-refractivity contribution is 5.93. The van der Waals surface area contributed by atoms with Crippen molar-refractivity contribution in [2.75, 3.05) is 56.2 Å². The van der Waals surface area contributed by atoms with Gasteiger partial charge in [0.25, 0.3) is 5.91 Å². The zero-order valence-corrected chi connectivity index (χ0v) is 24.5. The quantitative estimate of drug-likeness (QED) is 0.446. The molecule has 2 atom stereocenters. The molecule has 11 heteroatoms. The molecule has 2 saturated heterocycles. The van der Waals surface area contributed by atoms with Crippen molar-refractivity contribution in [2.45, 2.75) is 51.7 Å². The summed E-state index contributed by atoms with van der Waals surface area (Å²) in [6.45, 7) is 11.3. The lowest BCUT2D eigenvalue weighted by atomic mass is 9.96. The number of likely N-dealkylation sites (N-methyl/N-ethyl adjacent to an activating group) is 1. The summed E-state index contributed by atoms with van der Waals surface area (Å²) in [5.41, 5.74) is 6.41. The second-order valence-corrected chi connectivity index (χ2v) is 11.7. The monoisotopic (exact) mass is 572 g/mol. The topological polar surface area (TPSA) is 105 Å². The van der Waals surface area contributed by atoms with Crippen LogP contribution in [-0.2, 0) is 17.8 Å². The predicted molar refractivity (Wildman–Crippen MR) is 159 cm³/mol. The first-order valence-electron chi connectivity index (χ1n) is 14.6. The average Bonchev–Trinajstić information content (AvgIpc) is 3.62. The van der Waals surface area contributed by atoms with Crippen LogP contribution >= 0.6 is 0 Å². The minimum Gasteiger partial charge on any atom is -0.475 e. The number of nitrogens with one attached hydrogen (secondary N) is 1. The summed E-state index contributed by atoms with van der Waals surface area (Å²) in [5.74, 6) is -1.28. The smallest absolute Gasteiger partial charge is 0.282 e. The van der Waals surface area contributed by atoms with Crippen LogP contribution in [-0.4, -0.2) is 89.4 Å². The Balaban J connectivity index is 1.38. The molecule has 220 valence electrons. The summed E-state index contributed by atoms with van der Waals surface area (Å²) in [5, 5.41) is 18.9. The number of benzene rings is 1. The zero-order valence-electron chi connectivity index (χ0n) is 24.5. The summed E-state index contributed by atoms with van der Waals surface area (Å²) < 4.78 is 20.1. The van der Waals surface area contributed by atoms with E-state index in [1.807, 2.05) is 13.1 Å². The van der Waals surface area contributed by atoms with Crippen LogP contribution in [0, 0.1) is 18.3 Å². The number of likely N-dealkylation sites (tertiary alicyclic amines) is 1. The number of aromatic amines is 1. The van der Waals surface area contributed by atoms with Crippen molar-refractivity contribution < 1.29 is 13.9 Å². The Morgan fingerprint density at radius 3 is 2.79 bits per heavy atom. The van der Waals surface area contributed by atoms with Crippen LogP contribution in [0.25, 0.3) is 10.9 Å². The number of pyridine rings is 1. The van der Waals surface area contributed by atoms with Gasteiger partial charge in [-0.3, -0.25) is 9.89 Å². The van der Waals surface area contributed by atoms with E-state index < -0.39 is 11.7 Å². The Morgan fingerprint density at radius 2 is 2.07 bits per heavy atom. The van der Waals surface area contributed by atoms with Gasteiger partial charge in [-0.05, 0) is 52.3 Å². The number of carbonyl (C=O) groups is 1. The molecule has 0 bridgehead atoms. The molecular formula is C31H37FN8O2. The second-order valence-electron chi connectivity index (χ2n) is 11.7. The number of amides is 1. The van der Waals surface area contributed by atoms with Crippen LogP contribution in [0.3, 0.4) is 0 Å². The largest absolute Gasteiger partial charge is 0.475 e. The number of hydrogen-bond donors (Lipinski definition) is 1. The van der Waals surface area contributed by atoms with Gasteiger partial charge in [-0.15, -0.1) is 0 Å². The molecule has 10 nitrogen and oxygen atoms in total. The van der Waals surface area contributed by atoms with Gasteiger partial charge in [0.2, 0.25) is 5.88 Å². The molecule has 0 saturated carbocycles. The van der Waals surface area contributed by atoms with Crippen LogP contribution in [0.1, 0.15) is 42.1 Å². The number of ether oxygens (including phenoxy) is 1. The summed E-state index contributed by atoms with van der Waals surface area (Å²) >= 11 is 0. The van der Waals surface area contributed by atoms with E-state index in [2.05, 4.69) is 63.6 Å². The summed E-state index contributed by atoms with van der Waals surface area (Å²) in [6.07, 6.45) is 4.70. The molecular weight excluding hydrogens is 535 g/mol. The van der Waals surface area contributed by atoms with Crippen LogP contribution in [0.4, 0.5) is 15.8 Å². The first-order chi connectivity index (χ1) is 20.3. The van der Waals surface area contributed by atoms with Crippen LogP contribution in [0.15, 0.2) is 30.7 Å². The average molecular weight is 573 g/mol. The lowest BCUT2D eigenvalue weighted by molar-refractivity contribution is -0.131. The van der Waals surface area contributed by atoms with Gasteiger partial charge in [-0.1, -0.05) is 18.7 Å². The molecule has 0 radical (unpaired) electrons. The highest BCUT2D eigenvalue weighted by Gasteiger charge is 2.35. The molecule has 1 aromatic carbocycles. The van der Waals surface area contributed by atoms with Crippen molar-refractivity contribution in [1.29, 1.82) is 5.26 Å². The normalized spacial score (nSPS) is 21.0. The molecule has 0 aliphatic carbocycles. The Morgan fingerprint density at radius 1 is 1.24 bits per heavy atom. The maximum atomic E-state index is 13.7. The lowest BCUT2D eigenvalue weighted by Gasteiger charge is -2.42. The number of rotatable bonds is 6. The van der Waals surface area contributed by atoms with Gasteiger partial charge in [-0.25, -0.2) is 9.37 Å². The zero-order chi connectivity index (χ0) is 29.5. The number of aryl methyl sites for hydroxylation is 1. The fourth-order valence-corrected chi connectivity index (χ4v) is 6.77. The van der Waals surface area contributed by atoms with Gasteiger partial charge in [0.15, 0.2) is 5.83 Å². The molecule has 1 N–H and O–H groups in total. The van der Waals surface area contributed by atoms with E-state index in [4.69, 9.17) is 9.72 Å². The predicted octanol–water partition coefficient (Wildman–Crippen LogP) is 3.69. The molecule has 2 unspecified atom stereocenters. The number of nitrogens with zero attached hydrogens (tertiary/aromatic N) is 7. The Bertz CT molecular complexity index is 1580. The molecule has 42 heavy (non-hydrogen) atoms. The molecule has 6 rings (SSSR count). The number of anilines is 2. The number of hydrogen-bond acceptors (Lipinski definition) is 8. The van der Waals surface area contributed by atoms with Gasteiger partial charge < -0.3 is 24.3 Å². The number of carbonyl (C=O) groups excluding carboxylic acids is 1. The summed E-state index contributed by atoms with van der Waals surface area (Å²) in [4.78, 5) is 25.7. The van der Waals surface area contributed by atoms with Crippen molar-refractivity contribution in [3.8, 4) is 11.9 Å². The summed E-state index contributed by atoms with van der Waals surface area (Å²) in [6, 6.07) is 6.61. The highest BCUT2D eigenvalue weighted by Crippen LogP contribution is 2.40. The molecule has 1 amide bonds. The molecule has 0 spiro atoms. The standard InChI is InChI=1S/C31H37FN8O2/c1-19-7-8-22-15-34-36-27(22)28(19)38-11-9-24-26(17-38)35-30(42-18-23-6-5-10-37(23)4)25(14-33)29(24)39-12-13-40(20(2)16-39)31(41)21(3)32/h7-8,15,20,23H,3,5-6,9-13,16-18H2,1-2,4H3,(H,34,36). The fraction of sp³-hybridized carbons (Fsp3) is 0.484. The summed E-state index contributed by atoms with van der Waals surface area (Å²) in [7, 11) is 2.10. The number of fused-ring (bicyclic) bond motifs is 2. The van der Waals surface area contributed by atoms with E-state index in [9.17, 15) is 14.4 Å². The van der Waals surface area contributed by atoms with E-state index >= 15 is 0 Å². The van der Waals surface area contributed by atoms with Gasteiger partial charge >= 0.3 is 0 Å². The van der Waals surface area contributed by atoms with E-state index in [0.29, 0.717) is 50.7 Å². The minimum atomic E-state index is -0.954. The van der Waals surface area contributed by atoms with E-state index in [1.165, 1.54) is 4.90 Å². The SMILES string of the molecule is C=C(F)C(=O)N1CCN(c2c(C#N)c(OCC3CCCN3C)nc3c2CCN(c2c(C)ccc4cn[nH]c24)C3)CC1C. The molecule has 3 aromatic rings. The van der Waals surface area contributed by atoms with Gasteiger partial charge in [-0.2, -0.15) is 10.4 Å². The van der Waals surface area contributed by atoms with E-state index in [0.717, 1.165) is 65.0 Å². The van der Waals surface area contributed by atoms with Crippen molar-refractivity contribution in [3.05, 3.63) is 53.1 Å².